The molecule has 1 aliphatic heterocycles. The van der Waals surface area contributed by atoms with Crippen LogP contribution in [0.5, 0.6) is 0 Å². The molecular formula is C14H22N2O. The molecule has 1 aromatic rings. The molecule has 1 fully saturated rings. The van der Waals surface area contributed by atoms with Crippen LogP contribution >= 0.6 is 0 Å². The summed E-state index contributed by atoms with van der Waals surface area (Å²) in [7, 11) is 0. The van der Waals surface area contributed by atoms with E-state index < -0.39 is 0 Å². The molecule has 1 heterocycles. The third-order valence-corrected chi connectivity index (χ3v) is 3.38. The summed E-state index contributed by atoms with van der Waals surface area (Å²) >= 11 is 0. The molecule has 17 heavy (non-hydrogen) atoms. The largest absolute Gasteiger partial charge is 0.395 e. The Balaban J connectivity index is 2.23. The average Bonchev–Trinajstić information content (AvgIpc) is 2.31. The molecule has 2 N–H and O–H groups in total. The van der Waals surface area contributed by atoms with Crippen LogP contribution in [0.3, 0.4) is 0 Å². The number of nitrogens with one attached hydrogen (secondary N) is 1. The fourth-order valence-corrected chi connectivity index (χ4v) is 2.55. The SMILES string of the molecule is Cc1ccc(C)c(N2CC(C)NC(CO)C2)c1. The van der Waals surface area contributed by atoms with Crippen LogP contribution in [0, 0.1) is 13.8 Å². The Morgan fingerprint density at radius 1 is 1.35 bits per heavy atom. The molecule has 0 aliphatic carbocycles. The van der Waals surface area contributed by atoms with E-state index in [1.54, 1.807) is 0 Å². The summed E-state index contributed by atoms with van der Waals surface area (Å²) in [5.41, 5.74) is 3.90. The van der Waals surface area contributed by atoms with Gasteiger partial charge in [0, 0.05) is 30.9 Å². The highest BCUT2D eigenvalue weighted by Crippen LogP contribution is 2.23. The van der Waals surface area contributed by atoms with E-state index >= 15 is 0 Å². The van der Waals surface area contributed by atoms with E-state index in [4.69, 9.17) is 0 Å². The maximum absolute atomic E-state index is 9.31. The van der Waals surface area contributed by atoms with Gasteiger partial charge in [-0.25, -0.2) is 0 Å². The van der Waals surface area contributed by atoms with E-state index in [-0.39, 0.29) is 12.6 Å². The zero-order chi connectivity index (χ0) is 12.4. The Labute approximate surface area is 103 Å². The van der Waals surface area contributed by atoms with Crippen molar-refractivity contribution in [3.05, 3.63) is 29.3 Å². The molecule has 0 spiro atoms. The van der Waals surface area contributed by atoms with Gasteiger partial charge in [-0.05, 0) is 38.0 Å². The summed E-state index contributed by atoms with van der Waals surface area (Å²) in [4.78, 5) is 2.38. The Bertz CT molecular complexity index is 392. The summed E-state index contributed by atoms with van der Waals surface area (Å²) in [5, 5.41) is 12.7. The standard InChI is InChI=1S/C14H22N2O/c1-10-4-5-11(2)14(6-10)16-7-12(3)15-13(8-16)9-17/h4-6,12-13,15,17H,7-9H2,1-3H3. The zero-order valence-corrected chi connectivity index (χ0v) is 10.9. The Morgan fingerprint density at radius 2 is 2.12 bits per heavy atom. The Hall–Kier alpha value is -1.06. The summed E-state index contributed by atoms with van der Waals surface area (Å²) in [6.07, 6.45) is 0. The van der Waals surface area contributed by atoms with Crippen LogP contribution in [0.2, 0.25) is 0 Å². The van der Waals surface area contributed by atoms with E-state index in [1.165, 1.54) is 16.8 Å². The third-order valence-electron chi connectivity index (χ3n) is 3.38. The van der Waals surface area contributed by atoms with Gasteiger partial charge in [0.1, 0.15) is 0 Å². The molecule has 1 aliphatic rings. The Morgan fingerprint density at radius 3 is 2.82 bits per heavy atom. The second-order valence-electron chi connectivity index (χ2n) is 5.14. The first-order valence-electron chi connectivity index (χ1n) is 6.29. The predicted molar refractivity (Wildman–Crippen MR) is 71.6 cm³/mol. The summed E-state index contributed by atoms with van der Waals surface area (Å²) in [6.45, 7) is 8.52. The van der Waals surface area contributed by atoms with Crippen LogP contribution < -0.4 is 10.2 Å². The topological polar surface area (TPSA) is 35.5 Å². The first kappa shape index (κ1) is 12.4. The molecular weight excluding hydrogens is 212 g/mol. The van der Waals surface area contributed by atoms with Crippen LogP contribution in [0.1, 0.15) is 18.1 Å². The number of rotatable bonds is 2. The van der Waals surface area contributed by atoms with Crippen molar-refractivity contribution in [2.24, 2.45) is 0 Å². The lowest BCUT2D eigenvalue weighted by Crippen LogP contribution is -2.57. The number of nitrogens with zero attached hydrogens (tertiary/aromatic N) is 1. The lowest BCUT2D eigenvalue weighted by molar-refractivity contribution is 0.221. The van der Waals surface area contributed by atoms with Gasteiger partial charge in [-0.15, -0.1) is 0 Å². The number of aryl methyl sites for hydroxylation is 2. The number of benzene rings is 1. The van der Waals surface area contributed by atoms with Crippen molar-refractivity contribution in [3.8, 4) is 0 Å². The van der Waals surface area contributed by atoms with Crippen molar-refractivity contribution in [2.75, 3.05) is 24.6 Å². The number of aliphatic hydroxyl groups is 1. The normalized spacial score (nSPS) is 25.1. The lowest BCUT2D eigenvalue weighted by atomic mass is 10.1. The fourth-order valence-electron chi connectivity index (χ4n) is 2.55. The lowest BCUT2D eigenvalue weighted by Gasteiger charge is -2.39. The molecule has 1 aromatic carbocycles. The van der Waals surface area contributed by atoms with Gasteiger partial charge in [0.25, 0.3) is 0 Å². The molecule has 2 rings (SSSR count). The van der Waals surface area contributed by atoms with Gasteiger partial charge < -0.3 is 15.3 Å². The number of anilines is 1. The van der Waals surface area contributed by atoms with Crippen molar-refractivity contribution in [1.29, 1.82) is 0 Å². The number of hydrogen-bond acceptors (Lipinski definition) is 3. The van der Waals surface area contributed by atoms with Gasteiger partial charge in [-0.3, -0.25) is 0 Å². The van der Waals surface area contributed by atoms with Crippen molar-refractivity contribution < 1.29 is 5.11 Å². The van der Waals surface area contributed by atoms with Crippen LogP contribution in [-0.4, -0.2) is 36.9 Å². The van der Waals surface area contributed by atoms with Crippen molar-refractivity contribution >= 4 is 5.69 Å². The van der Waals surface area contributed by atoms with Gasteiger partial charge in [0.05, 0.1) is 6.61 Å². The van der Waals surface area contributed by atoms with E-state index in [0.29, 0.717) is 6.04 Å². The van der Waals surface area contributed by atoms with E-state index in [9.17, 15) is 5.11 Å². The van der Waals surface area contributed by atoms with Crippen molar-refractivity contribution in [3.63, 3.8) is 0 Å². The van der Waals surface area contributed by atoms with Crippen LogP contribution in [0.15, 0.2) is 18.2 Å². The number of hydrogen-bond donors (Lipinski definition) is 2. The maximum Gasteiger partial charge on any atom is 0.0602 e. The highest BCUT2D eigenvalue weighted by atomic mass is 16.3. The molecule has 1 saturated heterocycles. The molecule has 3 nitrogen and oxygen atoms in total. The smallest absolute Gasteiger partial charge is 0.0602 e. The predicted octanol–water partition coefficient (Wildman–Crippen LogP) is 1.46. The molecule has 0 bridgehead atoms. The summed E-state index contributed by atoms with van der Waals surface area (Å²) in [5.74, 6) is 0. The Kier molecular flexibility index (Phi) is 3.69. The second kappa shape index (κ2) is 5.07. The highest BCUT2D eigenvalue weighted by Gasteiger charge is 2.24. The minimum absolute atomic E-state index is 0.179. The first-order valence-corrected chi connectivity index (χ1v) is 6.29. The van der Waals surface area contributed by atoms with Crippen LogP contribution in [0.4, 0.5) is 5.69 Å². The fraction of sp³-hybridized carbons (Fsp3) is 0.571. The number of piperazine rings is 1. The number of aliphatic hydroxyl groups excluding tert-OH is 1. The molecule has 3 heteroatoms. The van der Waals surface area contributed by atoms with E-state index in [0.717, 1.165) is 13.1 Å². The molecule has 0 aromatic heterocycles. The molecule has 94 valence electrons. The third kappa shape index (κ3) is 2.79. The van der Waals surface area contributed by atoms with Crippen molar-refractivity contribution in [1.82, 2.24) is 5.32 Å². The second-order valence-corrected chi connectivity index (χ2v) is 5.14. The van der Waals surface area contributed by atoms with E-state index in [1.807, 2.05) is 0 Å². The van der Waals surface area contributed by atoms with Gasteiger partial charge in [0.15, 0.2) is 0 Å². The maximum atomic E-state index is 9.31. The first-order chi connectivity index (χ1) is 8.10. The summed E-state index contributed by atoms with van der Waals surface area (Å²) in [6, 6.07) is 7.15. The van der Waals surface area contributed by atoms with Crippen LogP contribution in [0.25, 0.3) is 0 Å². The molecule has 2 unspecified atom stereocenters. The van der Waals surface area contributed by atoms with Crippen LogP contribution in [-0.2, 0) is 0 Å². The monoisotopic (exact) mass is 234 g/mol. The van der Waals surface area contributed by atoms with Crippen molar-refractivity contribution in [2.45, 2.75) is 32.9 Å². The summed E-state index contributed by atoms with van der Waals surface area (Å²) < 4.78 is 0. The molecule has 0 saturated carbocycles. The average molecular weight is 234 g/mol. The zero-order valence-electron chi connectivity index (χ0n) is 10.9. The molecule has 0 amide bonds. The quantitative estimate of drug-likeness (QED) is 0.813. The van der Waals surface area contributed by atoms with Gasteiger partial charge in [-0.2, -0.15) is 0 Å². The molecule has 2 atom stereocenters. The minimum Gasteiger partial charge on any atom is -0.395 e. The highest BCUT2D eigenvalue weighted by molar-refractivity contribution is 5.55. The van der Waals surface area contributed by atoms with Gasteiger partial charge >= 0.3 is 0 Å². The molecule has 0 radical (unpaired) electrons. The minimum atomic E-state index is 0.179. The van der Waals surface area contributed by atoms with Gasteiger partial charge in [0.2, 0.25) is 0 Å². The van der Waals surface area contributed by atoms with Gasteiger partial charge in [-0.1, -0.05) is 12.1 Å². The van der Waals surface area contributed by atoms with E-state index in [2.05, 4.69) is 49.2 Å².